The van der Waals surface area contributed by atoms with Crippen molar-refractivity contribution in [1.29, 1.82) is 0 Å². The molecule has 19 heavy (non-hydrogen) atoms. The molecule has 6 heteroatoms. The molecule has 0 bridgehead atoms. The Morgan fingerprint density at radius 2 is 1.63 bits per heavy atom. The van der Waals surface area contributed by atoms with Gasteiger partial charge in [0.05, 0.1) is 11.3 Å². The second kappa shape index (κ2) is 6.15. The summed E-state index contributed by atoms with van der Waals surface area (Å²) in [5.41, 5.74) is 0.566. The van der Waals surface area contributed by atoms with Gasteiger partial charge in [-0.25, -0.2) is 4.39 Å². The molecule has 2 aromatic carbocycles. The number of nitrogens with one attached hydrogen (secondary N) is 1. The molecule has 2 nitrogen and oxygen atoms in total. The van der Waals surface area contributed by atoms with E-state index < -0.39 is 5.82 Å². The SMILES string of the molecule is O=C(Nc1cc(Br)ccc1F)c1ccc(Br)cc1Br. The van der Waals surface area contributed by atoms with Gasteiger partial charge in [0.25, 0.3) is 5.91 Å². The van der Waals surface area contributed by atoms with Crippen molar-refractivity contribution >= 4 is 59.4 Å². The lowest BCUT2D eigenvalue weighted by atomic mass is 10.2. The van der Waals surface area contributed by atoms with E-state index in [0.717, 1.165) is 4.47 Å². The van der Waals surface area contributed by atoms with E-state index >= 15 is 0 Å². The molecule has 0 fully saturated rings. The van der Waals surface area contributed by atoms with E-state index in [1.807, 2.05) is 0 Å². The Morgan fingerprint density at radius 3 is 2.32 bits per heavy atom. The number of rotatable bonds is 2. The van der Waals surface area contributed by atoms with Crippen molar-refractivity contribution in [3.8, 4) is 0 Å². The normalized spacial score (nSPS) is 10.3. The fourth-order valence-electron chi connectivity index (χ4n) is 1.46. The molecule has 1 N–H and O–H groups in total. The maximum absolute atomic E-state index is 13.6. The monoisotopic (exact) mass is 449 g/mol. The van der Waals surface area contributed by atoms with Crippen LogP contribution in [-0.2, 0) is 0 Å². The van der Waals surface area contributed by atoms with Gasteiger partial charge in [0, 0.05) is 13.4 Å². The summed E-state index contributed by atoms with van der Waals surface area (Å²) >= 11 is 9.84. The zero-order chi connectivity index (χ0) is 14.0. The molecule has 0 heterocycles. The van der Waals surface area contributed by atoms with Gasteiger partial charge >= 0.3 is 0 Å². The van der Waals surface area contributed by atoms with E-state index in [2.05, 4.69) is 53.1 Å². The van der Waals surface area contributed by atoms with E-state index in [4.69, 9.17) is 0 Å². The predicted molar refractivity (Wildman–Crippen MR) is 83.9 cm³/mol. The Labute approximate surface area is 134 Å². The van der Waals surface area contributed by atoms with Gasteiger partial charge in [-0.3, -0.25) is 4.79 Å². The lowest BCUT2D eigenvalue weighted by Gasteiger charge is -2.08. The van der Waals surface area contributed by atoms with E-state index in [1.54, 1.807) is 24.3 Å². The summed E-state index contributed by atoms with van der Waals surface area (Å²) in [5.74, 6) is -0.860. The number of anilines is 1. The number of hydrogen-bond donors (Lipinski definition) is 1. The summed E-state index contributed by atoms with van der Waals surface area (Å²) in [6.07, 6.45) is 0. The van der Waals surface area contributed by atoms with Crippen LogP contribution in [-0.4, -0.2) is 5.91 Å². The molecule has 98 valence electrons. The van der Waals surface area contributed by atoms with Crippen LogP contribution >= 0.6 is 47.8 Å². The zero-order valence-electron chi connectivity index (χ0n) is 9.38. The largest absolute Gasteiger partial charge is 0.319 e. The van der Waals surface area contributed by atoms with Crippen LogP contribution in [0.4, 0.5) is 10.1 Å². The molecule has 0 saturated carbocycles. The van der Waals surface area contributed by atoms with E-state index in [0.29, 0.717) is 14.5 Å². The maximum atomic E-state index is 13.6. The van der Waals surface area contributed by atoms with Crippen LogP contribution in [0.3, 0.4) is 0 Å². The van der Waals surface area contributed by atoms with Gasteiger partial charge in [-0.2, -0.15) is 0 Å². The van der Waals surface area contributed by atoms with Gasteiger partial charge in [0.15, 0.2) is 0 Å². The third kappa shape index (κ3) is 3.64. The lowest BCUT2D eigenvalue weighted by molar-refractivity contribution is 0.102. The van der Waals surface area contributed by atoms with Crippen molar-refractivity contribution in [2.45, 2.75) is 0 Å². The first-order chi connectivity index (χ1) is 8.97. The van der Waals surface area contributed by atoms with Crippen LogP contribution in [0, 0.1) is 5.82 Å². The van der Waals surface area contributed by atoms with Gasteiger partial charge < -0.3 is 5.32 Å². The molecule has 0 radical (unpaired) electrons. The maximum Gasteiger partial charge on any atom is 0.256 e. The number of carbonyl (C=O) groups excluding carboxylic acids is 1. The van der Waals surface area contributed by atoms with E-state index in [1.165, 1.54) is 12.1 Å². The fourth-order valence-corrected chi connectivity index (χ4v) is 3.04. The van der Waals surface area contributed by atoms with Crippen LogP contribution in [0.25, 0.3) is 0 Å². The summed E-state index contributed by atoms with van der Waals surface area (Å²) in [6, 6.07) is 9.53. The van der Waals surface area contributed by atoms with Gasteiger partial charge in [-0.1, -0.05) is 31.9 Å². The minimum atomic E-state index is -0.482. The average Bonchev–Trinajstić information content (AvgIpc) is 2.33. The molecular weight excluding hydrogens is 445 g/mol. The molecular formula is C13H7Br3FNO. The average molecular weight is 452 g/mol. The highest BCUT2D eigenvalue weighted by Crippen LogP contribution is 2.24. The lowest BCUT2D eigenvalue weighted by Crippen LogP contribution is -2.13. The van der Waals surface area contributed by atoms with Gasteiger partial charge in [0.1, 0.15) is 5.82 Å². The highest BCUT2D eigenvalue weighted by atomic mass is 79.9. The molecule has 0 aliphatic heterocycles. The first kappa shape index (κ1) is 14.7. The van der Waals surface area contributed by atoms with Gasteiger partial charge in [-0.15, -0.1) is 0 Å². The first-order valence-corrected chi connectivity index (χ1v) is 7.57. The second-order valence-electron chi connectivity index (χ2n) is 3.70. The Hall–Kier alpha value is -0.720. The van der Waals surface area contributed by atoms with Crippen molar-refractivity contribution in [3.63, 3.8) is 0 Å². The Kier molecular flexibility index (Phi) is 4.76. The minimum Gasteiger partial charge on any atom is -0.319 e. The summed E-state index contributed by atoms with van der Waals surface area (Å²) < 4.78 is 15.7. The predicted octanol–water partition coefficient (Wildman–Crippen LogP) is 5.37. The Morgan fingerprint density at radius 1 is 1.00 bits per heavy atom. The quantitative estimate of drug-likeness (QED) is 0.653. The number of halogens is 4. The van der Waals surface area contributed by atoms with Crippen molar-refractivity contribution in [2.75, 3.05) is 5.32 Å². The topological polar surface area (TPSA) is 29.1 Å². The Bertz CT molecular complexity index is 646. The molecule has 2 aromatic rings. The van der Waals surface area contributed by atoms with Crippen LogP contribution in [0.5, 0.6) is 0 Å². The molecule has 0 aromatic heterocycles. The highest BCUT2D eigenvalue weighted by molar-refractivity contribution is 9.11. The summed E-state index contributed by atoms with van der Waals surface area (Å²) in [6.45, 7) is 0. The standard InChI is InChI=1S/C13H7Br3FNO/c14-7-1-3-9(10(16)5-7)13(19)18-12-6-8(15)2-4-11(12)17/h1-6H,(H,18,19). The van der Waals surface area contributed by atoms with Crippen molar-refractivity contribution < 1.29 is 9.18 Å². The van der Waals surface area contributed by atoms with Crippen LogP contribution in [0.1, 0.15) is 10.4 Å². The zero-order valence-corrected chi connectivity index (χ0v) is 14.1. The molecule has 0 atom stereocenters. The second-order valence-corrected chi connectivity index (χ2v) is 6.39. The van der Waals surface area contributed by atoms with Crippen molar-refractivity contribution in [2.24, 2.45) is 0 Å². The number of hydrogen-bond acceptors (Lipinski definition) is 1. The highest BCUT2D eigenvalue weighted by Gasteiger charge is 2.12. The smallest absolute Gasteiger partial charge is 0.256 e. The Balaban J connectivity index is 2.28. The molecule has 0 spiro atoms. The fraction of sp³-hybridized carbons (Fsp3) is 0. The van der Waals surface area contributed by atoms with E-state index in [9.17, 15) is 9.18 Å². The van der Waals surface area contributed by atoms with Gasteiger partial charge in [0.2, 0.25) is 0 Å². The number of benzene rings is 2. The van der Waals surface area contributed by atoms with Crippen molar-refractivity contribution in [1.82, 2.24) is 0 Å². The van der Waals surface area contributed by atoms with Gasteiger partial charge in [-0.05, 0) is 52.3 Å². The number of carbonyl (C=O) groups is 1. The minimum absolute atomic E-state index is 0.134. The summed E-state index contributed by atoms with van der Waals surface area (Å²) in [4.78, 5) is 12.1. The summed E-state index contributed by atoms with van der Waals surface area (Å²) in [7, 11) is 0. The molecule has 0 aliphatic rings. The molecule has 0 aliphatic carbocycles. The third-order valence-corrected chi connectivity index (χ3v) is 3.99. The van der Waals surface area contributed by atoms with Crippen molar-refractivity contribution in [3.05, 3.63) is 61.2 Å². The van der Waals surface area contributed by atoms with Crippen LogP contribution in [0.15, 0.2) is 49.8 Å². The third-order valence-electron chi connectivity index (χ3n) is 2.35. The molecule has 0 unspecified atom stereocenters. The van der Waals surface area contributed by atoms with E-state index in [-0.39, 0.29) is 11.6 Å². The number of amides is 1. The molecule has 2 rings (SSSR count). The van der Waals surface area contributed by atoms with Crippen LogP contribution in [0.2, 0.25) is 0 Å². The molecule has 1 amide bonds. The van der Waals surface area contributed by atoms with Crippen LogP contribution < -0.4 is 5.32 Å². The summed E-state index contributed by atoms with van der Waals surface area (Å²) in [5, 5.41) is 2.54. The molecule has 0 saturated heterocycles. The first-order valence-electron chi connectivity index (χ1n) is 5.19.